The van der Waals surface area contributed by atoms with Crippen molar-refractivity contribution in [1.29, 1.82) is 0 Å². The van der Waals surface area contributed by atoms with Crippen molar-refractivity contribution in [2.24, 2.45) is 5.92 Å². The third-order valence-corrected chi connectivity index (χ3v) is 13.6. The number of ether oxygens (including phenoxy) is 2. The molecule has 4 aliphatic heterocycles. The zero-order chi connectivity index (χ0) is 35.1. The first kappa shape index (κ1) is 35.3. The molecule has 2 saturated heterocycles. The average molecular weight is 692 g/mol. The summed E-state index contributed by atoms with van der Waals surface area (Å²) < 4.78 is 11.8. The number of anilines is 2. The van der Waals surface area contributed by atoms with Crippen LogP contribution in [0.1, 0.15) is 68.6 Å². The number of piperidine rings is 1. The molecule has 0 saturated carbocycles. The van der Waals surface area contributed by atoms with Crippen molar-refractivity contribution in [1.82, 2.24) is 4.90 Å². The van der Waals surface area contributed by atoms with Gasteiger partial charge in [-0.3, -0.25) is 19.2 Å². The number of rotatable bonds is 10. The molecule has 2 aromatic rings. The van der Waals surface area contributed by atoms with Crippen LogP contribution >= 0.6 is 0 Å². The first-order valence-electron chi connectivity index (χ1n) is 17.6. The molecule has 1 spiro atoms. The van der Waals surface area contributed by atoms with Crippen LogP contribution in [0.4, 0.5) is 11.4 Å². The number of esters is 1. The Morgan fingerprint density at radius 3 is 2.53 bits per heavy atom. The van der Waals surface area contributed by atoms with Crippen LogP contribution < -0.4 is 9.80 Å². The molecule has 11 nitrogen and oxygen atoms in total. The highest BCUT2D eigenvalue weighted by Gasteiger charge is 2.66. The molecule has 4 heterocycles. The molecule has 2 aromatic carbocycles. The first-order valence-corrected chi connectivity index (χ1v) is 20.6. The van der Waals surface area contributed by atoms with Crippen LogP contribution in [0.5, 0.6) is 0 Å². The highest BCUT2D eigenvalue weighted by molar-refractivity contribution is 6.71. The number of aliphatic hydroxyl groups excluding tert-OH is 1. The molecule has 4 aliphatic rings. The van der Waals surface area contributed by atoms with E-state index >= 15 is 0 Å². The van der Waals surface area contributed by atoms with Crippen LogP contribution in [0, 0.1) is 5.92 Å². The minimum absolute atomic E-state index is 0.0384. The number of benzene rings is 2. The fourth-order valence-corrected chi connectivity index (χ4v) is 11.3. The van der Waals surface area contributed by atoms with Gasteiger partial charge < -0.3 is 34.1 Å². The van der Waals surface area contributed by atoms with E-state index in [1.807, 2.05) is 62.5 Å². The van der Waals surface area contributed by atoms with Crippen LogP contribution in [0.15, 0.2) is 42.5 Å². The van der Waals surface area contributed by atoms with Gasteiger partial charge in [0.2, 0.25) is 11.8 Å². The minimum Gasteiger partial charge on any atom is -0.469 e. The molecule has 6 rings (SSSR count). The topological polar surface area (TPSA) is 137 Å². The van der Waals surface area contributed by atoms with Gasteiger partial charge in [0.25, 0.3) is 5.91 Å². The molecule has 0 aliphatic carbocycles. The molecular weight excluding hydrogens is 643 g/mol. The van der Waals surface area contributed by atoms with Crippen LogP contribution in [0.25, 0.3) is 0 Å². The summed E-state index contributed by atoms with van der Waals surface area (Å²) in [7, 11) is -1.70. The van der Waals surface area contributed by atoms with E-state index in [2.05, 4.69) is 0 Å². The van der Waals surface area contributed by atoms with Crippen molar-refractivity contribution >= 4 is 43.4 Å². The third kappa shape index (κ3) is 6.44. The van der Waals surface area contributed by atoms with Crippen molar-refractivity contribution < 1.29 is 38.6 Å². The second kappa shape index (κ2) is 14.0. The lowest BCUT2D eigenvalue weighted by Crippen LogP contribution is -2.48. The molecule has 0 radical (unpaired) electrons. The van der Waals surface area contributed by atoms with Gasteiger partial charge in [0, 0.05) is 55.2 Å². The molecule has 5 atom stereocenters. The fourth-order valence-electron chi connectivity index (χ4n) is 8.71. The van der Waals surface area contributed by atoms with Crippen molar-refractivity contribution in [2.75, 3.05) is 36.6 Å². The number of hydrogen-bond donors (Lipinski definition) is 2. The largest absolute Gasteiger partial charge is 0.469 e. The third-order valence-electron chi connectivity index (χ3n) is 11.1. The van der Waals surface area contributed by atoms with E-state index in [9.17, 15) is 29.1 Å². The monoisotopic (exact) mass is 691 g/mol. The number of methoxy groups -OCH3 is 1. The molecule has 264 valence electrons. The Labute approximate surface area is 289 Å². The standard InChI is InChI=1S/C37H49N3O8Si/c1-24-35(49(3,4)46)31(21-33(43)40-22-26-12-6-5-11-25(26)19-28(40)23-41)48-37(24)29-20-27(38-17-9-7-13-32(38)42)15-16-30(29)39(36(37)45)18-10-8-14-34(44)47-2/h5-6,11-12,15-16,20,24,28,31,35,41,46H,7-10,13-14,17-19,21-23H2,1-4H3/t24-,28+,31+,35-,37+/m1/s1. The van der Waals surface area contributed by atoms with Crippen molar-refractivity contribution in [3.05, 3.63) is 59.2 Å². The van der Waals surface area contributed by atoms with Gasteiger partial charge in [-0.05, 0) is 74.5 Å². The van der Waals surface area contributed by atoms with E-state index in [4.69, 9.17) is 9.47 Å². The fraction of sp³-hybridized carbons (Fsp3) is 0.568. The molecular formula is C37H49N3O8Si. The quantitative estimate of drug-likeness (QED) is 0.217. The van der Waals surface area contributed by atoms with E-state index < -0.39 is 31.5 Å². The van der Waals surface area contributed by atoms with Crippen molar-refractivity contribution in [2.45, 2.75) is 101 Å². The van der Waals surface area contributed by atoms with E-state index in [0.717, 1.165) is 24.0 Å². The summed E-state index contributed by atoms with van der Waals surface area (Å²) in [6.45, 7) is 6.73. The maximum absolute atomic E-state index is 14.8. The lowest BCUT2D eigenvalue weighted by Gasteiger charge is -2.37. The van der Waals surface area contributed by atoms with Gasteiger partial charge in [-0.1, -0.05) is 31.2 Å². The first-order chi connectivity index (χ1) is 23.4. The lowest BCUT2D eigenvalue weighted by molar-refractivity contribution is -0.151. The number of carbonyl (C=O) groups excluding carboxylic acids is 4. The zero-order valence-electron chi connectivity index (χ0n) is 29.0. The number of fused-ring (bicyclic) bond motifs is 3. The maximum atomic E-state index is 14.8. The van der Waals surface area contributed by atoms with E-state index in [-0.39, 0.29) is 49.2 Å². The number of carbonyl (C=O) groups is 4. The normalized spacial score (nSPS) is 26.7. The Kier molecular flexibility index (Phi) is 10.0. The second-order valence-corrected chi connectivity index (χ2v) is 18.6. The maximum Gasteiger partial charge on any atom is 0.305 e. The van der Waals surface area contributed by atoms with Crippen molar-refractivity contribution in [3.8, 4) is 0 Å². The van der Waals surface area contributed by atoms with E-state index in [0.29, 0.717) is 62.3 Å². The molecule has 49 heavy (non-hydrogen) atoms. The second-order valence-electron chi connectivity index (χ2n) is 14.6. The SMILES string of the molecule is COC(=O)CCCCN1C(=O)[C@@]2(O[C@@H](CC(=O)N3Cc4ccccc4C[C@H]3CO)[C@H]([Si](C)(C)O)[C@H]2C)c2cc(N3CCCCC3=O)ccc21. The minimum atomic E-state index is -3.05. The van der Waals surface area contributed by atoms with Gasteiger partial charge in [0.1, 0.15) is 0 Å². The highest BCUT2D eigenvalue weighted by atomic mass is 28.4. The summed E-state index contributed by atoms with van der Waals surface area (Å²) in [5.74, 6) is -1.19. The Morgan fingerprint density at radius 1 is 1.08 bits per heavy atom. The van der Waals surface area contributed by atoms with Gasteiger partial charge in [-0.25, -0.2) is 0 Å². The average Bonchev–Trinajstić information content (AvgIpc) is 3.51. The Hall–Kier alpha value is -3.58. The molecule has 0 aromatic heterocycles. The summed E-state index contributed by atoms with van der Waals surface area (Å²) in [5, 5.41) is 10.3. The summed E-state index contributed by atoms with van der Waals surface area (Å²) in [6, 6.07) is 13.2. The van der Waals surface area contributed by atoms with Crippen LogP contribution in [0.2, 0.25) is 18.6 Å². The smallest absolute Gasteiger partial charge is 0.305 e. The van der Waals surface area contributed by atoms with E-state index in [1.165, 1.54) is 7.11 Å². The van der Waals surface area contributed by atoms with Gasteiger partial charge >= 0.3 is 5.97 Å². The molecule has 0 bridgehead atoms. The number of aliphatic hydroxyl groups is 1. The number of unbranched alkanes of at least 4 members (excludes halogenated alkanes) is 1. The van der Waals surface area contributed by atoms with Crippen LogP contribution in [-0.2, 0) is 47.2 Å². The molecule has 2 fully saturated rings. The summed E-state index contributed by atoms with van der Waals surface area (Å²) >= 11 is 0. The van der Waals surface area contributed by atoms with Crippen LogP contribution in [0.3, 0.4) is 0 Å². The summed E-state index contributed by atoms with van der Waals surface area (Å²) in [4.78, 5) is 70.7. The summed E-state index contributed by atoms with van der Waals surface area (Å²) in [5.41, 5.74) is 2.24. The number of nitrogens with zero attached hydrogens (tertiary/aromatic N) is 3. The predicted molar refractivity (Wildman–Crippen MR) is 186 cm³/mol. The number of hydrogen-bond acceptors (Lipinski definition) is 8. The zero-order valence-corrected chi connectivity index (χ0v) is 30.0. The van der Waals surface area contributed by atoms with Gasteiger partial charge in [-0.15, -0.1) is 0 Å². The van der Waals surface area contributed by atoms with Gasteiger partial charge in [-0.2, -0.15) is 0 Å². The molecule has 12 heteroatoms. The van der Waals surface area contributed by atoms with Crippen LogP contribution in [-0.4, -0.2) is 85.8 Å². The number of amides is 3. The molecule has 3 amide bonds. The summed E-state index contributed by atoms with van der Waals surface area (Å²) in [6.07, 6.45) is 3.29. The van der Waals surface area contributed by atoms with Gasteiger partial charge in [0.15, 0.2) is 13.9 Å². The molecule has 2 N–H and O–H groups in total. The lowest BCUT2D eigenvalue weighted by atomic mass is 9.82. The van der Waals surface area contributed by atoms with Gasteiger partial charge in [0.05, 0.1) is 38.0 Å². The Balaban J connectivity index is 1.35. The predicted octanol–water partition coefficient (Wildman–Crippen LogP) is 4.03. The Morgan fingerprint density at radius 2 is 1.84 bits per heavy atom. The highest BCUT2D eigenvalue weighted by Crippen LogP contribution is 2.60. The van der Waals surface area contributed by atoms with Crippen molar-refractivity contribution in [3.63, 3.8) is 0 Å². The molecule has 0 unspecified atom stereocenters. The Bertz CT molecular complexity index is 1610. The van der Waals surface area contributed by atoms with E-state index in [1.54, 1.807) is 14.7 Å².